The molecule has 4 aromatic rings. The zero-order valence-electron chi connectivity index (χ0n) is 30.6. The summed E-state index contributed by atoms with van der Waals surface area (Å²) in [5.74, 6) is -0.538. The minimum Gasteiger partial charge on any atom is -0.495 e. The number of imidazole rings is 1. The van der Waals surface area contributed by atoms with Crippen LogP contribution in [0.2, 0.25) is 10.0 Å². The van der Waals surface area contributed by atoms with E-state index in [0.717, 1.165) is 30.4 Å². The Balaban J connectivity index is 1.71. The van der Waals surface area contributed by atoms with Gasteiger partial charge in [-0.05, 0) is 59.7 Å². The minimum absolute atomic E-state index is 0.112. The van der Waals surface area contributed by atoms with Gasteiger partial charge in [-0.25, -0.2) is 22.2 Å². The van der Waals surface area contributed by atoms with Gasteiger partial charge in [0.05, 0.1) is 72.4 Å². The van der Waals surface area contributed by atoms with Gasteiger partial charge in [0.2, 0.25) is 10.0 Å². The van der Waals surface area contributed by atoms with E-state index in [-0.39, 0.29) is 29.7 Å². The molecule has 0 spiro atoms. The van der Waals surface area contributed by atoms with Gasteiger partial charge in [-0.2, -0.15) is 4.31 Å². The summed E-state index contributed by atoms with van der Waals surface area (Å²) < 4.78 is 67.2. The van der Waals surface area contributed by atoms with Crippen LogP contribution in [0.5, 0.6) is 5.75 Å². The number of benzene rings is 3. The second kappa shape index (κ2) is 17.0. The fraction of sp³-hybridized carbons (Fsp3) is 0.432. The largest absolute Gasteiger partial charge is 0.495 e. The standard InChI is InChI=1S/C37H48Cl2F2N5O3S2/c1-37(2,27-11-16-30(38)33(22-27)49-8)35-24-42-36(45(35)29-14-12-28(40)13-15-29)50-25-26-21-34(32(41)23-31(26)39)51(47,48)44(18-9-17-43(3)4)19-10-20-46(5,6)7/h11-16,21-24H,9-10,17-20,25H2,1-8H3/q+1/p+1. The molecule has 0 aliphatic carbocycles. The van der Waals surface area contributed by atoms with Crippen LogP contribution in [0.3, 0.4) is 0 Å². The van der Waals surface area contributed by atoms with Gasteiger partial charge < -0.3 is 14.1 Å². The summed E-state index contributed by atoms with van der Waals surface area (Å²) in [4.78, 5) is 5.56. The molecule has 8 nitrogen and oxygen atoms in total. The van der Waals surface area contributed by atoms with Gasteiger partial charge in [0.25, 0.3) is 0 Å². The molecule has 1 heterocycles. The number of halogens is 4. The average molecular weight is 785 g/mol. The van der Waals surface area contributed by atoms with E-state index in [9.17, 15) is 12.8 Å². The number of ether oxygens (including phenoxy) is 1. The first-order valence-electron chi connectivity index (χ1n) is 16.7. The van der Waals surface area contributed by atoms with Crippen molar-refractivity contribution < 1.29 is 31.3 Å². The SMILES string of the molecule is COc1cc(C(C)(C)c2cnc(SCc3cc(S(=O)(=O)N(CCC[NH+](C)C)CCC[N+](C)(C)C)c(F)cc3Cl)n2-c2ccc(F)cc2)ccc1Cl. The highest BCUT2D eigenvalue weighted by molar-refractivity contribution is 7.98. The maximum Gasteiger partial charge on any atom is 0.246 e. The molecular formula is C37H49Cl2F2N5O3S2+2. The monoisotopic (exact) mass is 783 g/mol. The minimum atomic E-state index is -4.18. The molecule has 278 valence electrons. The van der Waals surface area contributed by atoms with Crippen molar-refractivity contribution in [3.8, 4) is 11.4 Å². The van der Waals surface area contributed by atoms with Crippen LogP contribution in [-0.2, 0) is 21.2 Å². The summed E-state index contributed by atoms with van der Waals surface area (Å²) in [5, 5.41) is 1.16. The molecule has 14 heteroatoms. The van der Waals surface area contributed by atoms with Crippen molar-refractivity contribution in [1.82, 2.24) is 13.9 Å². The first kappa shape index (κ1) is 41.1. The number of quaternary nitrogens is 2. The Bertz CT molecular complexity index is 1910. The van der Waals surface area contributed by atoms with Crippen LogP contribution in [0.15, 0.2) is 70.8 Å². The van der Waals surface area contributed by atoms with Gasteiger partial charge in [0.15, 0.2) is 5.16 Å². The van der Waals surface area contributed by atoms with Gasteiger partial charge in [-0.3, -0.25) is 4.57 Å². The third-order valence-corrected chi connectivity index (χ3v) is 12.3. The van der Waals surface area contributed by atoms with Gasteiger partial charge in [0, 0.05) is 47.8 Å². The van der Waals surface area contributed by atoms with Crippen molar-refractivity contribution in [2.24, 2.45) is 0 Å². The Morgan fingerprint density at radius 3 is 2.27 bits per heavy atom. The number of rotatable bonds is 17. The molecule has 0 aliphatic heterocycles. The number of aromatic nitrogens is 2. The molecule has 0 unspecified atom stereocenters. The lowest BCUT2D eigenvalue weighted by Gasteiger charge is -2.28. The molecule has 0 amide bonds. The molecule has 0 saturated carbocycles. The van der Waals surface area contributed by atoms with Crippen LogP contribution in [0.1, 0.15) is 43.5 Å². The van der Waals surface area contributed by atoms with Crippen LogP contribution in [0, 0.1) is 11.6 Å². The summed E-state index contributed by atoms with van der Waals surface area (Å²) in [5.41, 5.74) is 2.23. The van der Waals surface area contributed by atoms with Crippen LogP contribution in [0.25, 0.3) is 5.69 Å². The third-order valence-electron chi connectivity index (χ3n) is 8.72. The van der Waals surface area contributed by atoms with E-state index in [0.29, 0.717) is 44.5 Å². The summed E-state index contributed by atoms with van der Waals surface area (Å²) >= 11 is 14.2. The molecule has 1 aromatic heterocycles. The lowest BCUT2D eigenvalue weighted by molar-refractivity contribution is -0.870. The van der Waals surface area contributed by atoms with Crippen molar-refractivity contribution in [3.05, 3.63) is 99.3 Å². The predicted molar refractivity (Wildman–Crippen MR) is 203 cm³/mol. The van der Waals surface area contributed by atoms with Crippen LogP contribution in [-0.4, -0.2) is 95.3 Å². The van der Waals surface area contributed by atoms with E-state index in [1.165, 1.54) is 39.2 Å². The molecule has 0 saturated heterocycles. The molecule has 3 aromatic carbocycles. The van der Waals surface area contributed by atoms with Gasteiger partial charge in [-0.15, -0.1) is 0 Å². The number of sulfonamides is 1. The van der Waals surface area contributed by atoms with E-state index < -0.39 is 26.2 Å². The number of nitrogens with one attached hydrogen (secondary N) is 1. The molecule has 4 rings (SSSR count). The molecule has 0 bridgehead atoms. The van der Waals surface area contributed by atoms with E-state index >= 15 is 4.39 Å². The van der Waals surface area contributed by atoms with Crippen molar-refractivity contribution in [3.63, 3.8) is 0 Å². The fourth-order valence-corrected chi connectivity index (χ4v) is 8.85. The summed E-state index contributed by atoms with van der Waals surface area (Å²) in [6, 6.07) is 14.1. The molecular weight excluding hydrogens is 735 g/mol. The van der Waals surface area contributed by atoms with Crippen LogP contribution in [0.4, 0.5) is 8.78 Å². The summed E-state index contributed by atoms with van der Waals surface area (Å²) in [7, 11) is 7.56. The Morgan fingerprint density at radius 1 is 0.980 bits per heavy atom. The number of nitrogens with zero attached hydrogens (tertiary/aromatic N) is 4. The Morgan fingerprint density at radius 2 is 1.65 bits per heavy atom. The van der Waals surface area contributed by atoms with Crippen molar-refractivity contribution in [2.75, 3.05) is 68.5 Å². The van der Waals surface area contributed by atoms with Gasteiger partial charge in [-0.1, -0.05) is 54.9 Å². The first-order valence-corrected chi connectivity index (χ1v) is 19.9. The number of thioether (sulfide) groups is 1. The van der Waals surface area contributed by atoms with Crippen LogP contribution < -0.4 is 9.64 Å². The van der Waals surface area contributed by atoms with E-state index in [2.05, 4.69) is 21.1 Å². The lowest BCUT2D eigenvalue weighted by Crippen LogP contribution is -3.05. The smallest absolute Gasteiger partial charge is 0.246 e. The van der Waals surface area contributed by atoms with Gasteiger partial charge in [0.1, 0.15) is 22.3 Å². The molecule has 51 heavy (non-hydrogen) atoms. The normalized spacial score (nSPS) is 12.7. The average Bonchev–Trinajstić information content (AvgIpc) is 3.48. The Hall–Kier alpha value is -2.71. The third kappa shape index (κ3) is 10.2. The molecule has 1 N–H and O–H groups in total. The molecule has 0 aliphatic rings. The van der Waals surface area contributed by atoms with Crippen molar-refractivity contribution in [2.45, 2.75) is 47.9 Å². The number of hydrogen-bond acceptors (Lipinski definition) is 5. The maximum absolute atomic E-state index is 15.5. The topological polar surface area (TPSA) is 68.9 Å². The molecule has 0 radical (unpaired) electrons. The maximum atomic E-state index is 15.5. The highest BCUT2D eigenvalue weighted by atomic mass is 35.5. The first-order chi connectivity index (χ1) is 23.8. The Kier molecular flexibility index (Phi) is 13.7. The predicted octanol–water partition coefficient (Wildman–Crippen LogP) is 6.71. The van der Waals surface area contributed by atoms with Crippen LogP contribution >= 0.6 is 35.0 Å². The summed E-state index contributed by atoms with van der Waals surface area (Å²) in [6.07, 6.45) is 3.03. The highest BCUT2D eigenvalue weighted by Gasteiger charge is 2.32. The fourth-order valence-electron chi connectivity index (χ4n) is 5.76. The highest BCUT2D eigenvalue weighted by Crippen LogP contribution is 2.40. The molecule has 0 fully saturated rings. The quantitative estimate of drug-likeness (QED) is 0.0954. The zero-order chi connectivity index (χ0) is 37.7. The van der Waals surface area contributed by atoms with E-state index in [4.69, 9.17) is 32.9 Å². The molecule has 0 atom stereocenters. The number of methoxy groups -OCH3 is 1. The van der Waals surface area contributed by atoms with Crippen molar-refractivity contribution >= 4 is 45.0 Å². The van der Waals surface area contributed by atoms with Gasteiger partial charge >= 0.3 is 0 Å². The van der Waals surface area contributed by atoms with E-state index in [1.807, 2.05) is 44.6 Å². The van der Waals surface area contributed by atoms with Crippen molar-refractivity contribution in [1.29, 1.82) is 0 Å². The second-order valence-corrected chi connectivity index (χ2v) is 18.1. The number of hydrogen-bond donors (Lipinski definition) is 1. The lowest BCUT2D eigenvalue weighted by atomic mass is 9.81. The summed E-state index contributed by atoms with van der Waals surface area (Å²) in [6.45, 7) is 6.19. The Labute approximate surface area is 316 Å². The van der Waals surface area contributed by atoms with E-state index in [1.54, 1.807) is 31.5 Å². The second-order valence-electron chi connectivity index (χ2n) is 14.5. The zero-order valence-corrected chi connectivity index (χ0v) is 33.7.